The van der Waals surface area contributed by atoms with Crippen molar-refractivity contribution in [1.29, 1.82) is 0 Å². The average molecular weight is 311 g/mol. The van der Waals surface area contributed by atoms with Crippen LogP contribution in [-0.2, 0) is 4.79 Å². The summed E-state index contributed by atoms with van der Waals surface area (Å²) in [7, 11) is 0. The fourth-order valence-electron chi connectivity index (χ4n) is 2.63. The lowest BCUT2D eigenvalue weighted by Crippen LogP contribution is -2.41. The maximum absolute atomic E-state index is 12.6. The molecule has 1 aliphatic rings. The number of carboxylic acid groups (broad SMARTS) is 1. The zero-order valence-corrected chi connectivity index (χ0v) is 12.6. The number of carbonyl (C=O) groups excluding carboxylic acids is 1. The van der Waals surface area contributed by atoms with Gasteiger partial charge in [-0.15, -0.1) is 0 Å². The highest BCUT2D eigenvalue weighted by Crippen LogP contribution is 2.21. The van der Waals surface area contributed by atoms with E-state index in [1.165, 1.54) is 0 Å². The van der Waals surface area contributed by atoms with Crippen LogP contribution >= 0.6 is 11.6 Å². The molecule has 0 unspecified atom stereocenters. The molecule has 1 amide bonds. The molecule has 0 saturated carbocycles. The molecule has 0 spiro atoms. The minimum Gasteiger partial charge on any atom is -0.481 e. The van der Waals surface area contributed by atoms with Crippen LogP contribution in [0.5, 0.6) is 0 Å². The predicted molar refractivity (Wildman–Crippen MR) is 80.4 cm³/mol. The Hall–Kier alpha value is -1.59. The van der Waals surface area contributed by atoms with Crippen molar-refractivity contribution in [2.24, 2.45) is 11.7 Å². The number of carboxylic acids is 1. The molecule has 0 aromatic heterocycles. The van der Waals surface area contributed by atoms with Gasteiger partial charge in [-0.3, -0.25) is 9.59 Å². The van der Waals surface area contributed by atoms with Crippen molar-refractivity contribution in [1.82, 2.24) is 4.90 Å². The van der Waals surface area contributed by atoms with Crippen LogP contribution in [0.1, 0.15) is 28.8 Å². The zero-order chi connectivity index (χ0) is 15.6. The third-order valence-corrected chi connectivity index (χ3v) is 4.07. The van der Waals surface area contributed by atoms with Gasteiger partial charge in [-0.25, -0.2) is 0 Å². The molecule has 1 heterocycles. The Morgan fingerprint density at radius 3 is 2.67 bits per heavy atom. The Morgan fingerprint density at radius 1 is 1.33 bits per heavy atom. The summed E-state index contributed by atoms with van der Waals surface area (Å²) in [6, 6.07) is 4.87. The van der Waals surface area contributed by atoms with Gasteiger partial charge in [0.25, 0.3) is 5.91 Å². The highest BCUT2D eigenvalue weighted by Gasteiger charge is 2.30. The standard InChI is InChI=1S/C15H19ClN2O3/c1-9-6-11(16)3-5-13(9)14(19)18-7-10(15(20)21)2-4-12(17)8-18/h3,5-6,10,12H,2,4,7-8,17H2,1H3,(H,20,21)/t10-,12+/m0/s1. The van der Waals surface area contributed by atoms with E-state index in [1.54, 1.807) is 23.1 Å². The van der Waals surface area contributed by atoms with Gasteiger partial charge in [-0.05, 0) is 43.5 Å². The molecular formula is C15H19ClN2O3. The second-order valence-electron chi connectivity index (χ2n) is 5.54. The van der Waals surface area contributed by atoms with Gasteiger partial charge in [-0.2, -0.15) is 0 Å². The number of nitrogens with two attached hydrogens (primary N) is 1. The quantitative estimate of drug-likeness (QED) is 0.874. The summed E-state index contributed by atoms with van der Waals surface area (Å²) in [6.45, 7) is 2.39. The predicted octanol–water partition coefficient (Wildman–Crippen LogP) is 1.91. The Bertz CT molecular complexity index is 562. The summed E-state index contributed by atoms with van der Waals surface area (Å²) in [4.78, 5) is 25.4. The van der Waals surface area contributed by atoms with Crippen LogP contribution in [0.2, 0.25) is 5.02 Å². The van der Waals surface area contributed by atoms with Gasteiger partial charge in [0.2, 0.25) is 0 Å². The molecule has 1 aromatic carbocycles. The number of aliphatic carboxylic acids is 1. The number of halogens is 1. The Kier molecular flexibility index (Phi) is 4.85. The molecule has 3 N–H and O–H groups in total. The molecule has 114 valence electrons. The molecule has 2 rings (SSSR count). The summed E-state index contributed by atoms with van der Waals surface area (Å²) in [5, 5.41) is 9.78. The molecule has 1 fully saturated rings. The number of aryl methyl sites for hydroxylation is 1. The van der Waals surface area contributed by atoms with Crippen molar-refractivity contribution in [3.05, 3.63) is 34.3 Å². The van der Waals surface area contributed by atoms with E-state index >= 15 is 0 Å². The number of nitrogens with zero attached hydrogens (tertiary/aromatic N) is 1. The third-order valence-electron chi connectivity index (χ3n) is 3.84. The van der Waals surface area contributed by atoms with E-state index in [0.29, 0.717) is 30.0 Å². The summed E-state index contributed by atoms with van der Waals surface area (Å²) >= 11 is 5.90. The van der Waals surface area contributed by atoms with Crippen molar-refractivity contribution < 1.29 is 14.7 Å². The Balaban J connectivity index is 2.24. The van der Waals surface area contributed by atoms with E-state index in [4.69, 9.17) is 17.3 Å². The first-order valence-electron chi connectivity index (χ1n) is 6.92. The SMILES string of the molecule is Cc1cc(Cl)ccc1C(=O)N1C[C@H](N)CC[C@H](C(=O)O)C1. The van der Waals surface area contributed by atoms with E-state index < -0.39 is 11.9 Å². The van der Waals surface area contributed by atoms with E-state index in [1.807, 2.05) is 6.92 Å². The summed E-state index contributed by atoms with van der Waals surface area (Å²) in [6.07, 6.45) is 1.11. The molecule has 6 heteroatoms. The lowest BCUT2D eigenvalue weighted by molar-refractivity contribution is -0.142. The monoisotopic (exact) mass is 310 g/mol. The zero-order valence-electron chi connectivity index (χ0n) is 11.9. The Morgan fingerprint density at radius 2 is 2.05 bits per heavy atom. The maximum atomic E-state index is 12.6. The molecule has 5 nitrogen and oxygen atoms in total. The molecular weight excluding hydrogens is 292 g/mol. The first-order valence-corrected chi connectivity index (χ1v) is 7.30. The van der Waals surface area contributed by atoms with E-state index in [9.17, 15) is 14.7 Å². The number of benzene rings is 1. The number of rotatable bonds is 2. The number of carbonyl (C=O) groups is 2. The van der Waals surface area contributed by atoms with Crippen LogP contribution in [0, 0.1) is 12.8 Å². The molecule has 1 aromatic rings. The van der Waals surface area contributed by atoms with Crippen LogP contribution < -0.4 is 5.73 Å². The Labute approximate surface area is 128 Å². The molecule has 1 aliphatic heterocycles. The van der Waals surface area contributed by atoms with Gasteiger partial charge in [0, 0.05) is 29.7 Å². The second kappa shape index (κ2) is 6.45. The molecule has 0 bridgehead atoms. The van der Waals surface area contributed by atoms with Gasteiger partial charge in [0.1, 0.15) is 0 Å². The van der Waals surface area contributed by atoms with Gasteiger partial charge >= 0.3 is 5.97 Å². The highest BCUT2D eigenvalue weighted by atomic mass is 35.5. The van der Waals surface area contributed by atoms with Crippen molar-refractivity contribution in [3.8, 4) is 0 Å². The van der Waals surface area contributed by atoms with Gasteiger partial charge in [0.15, 0.2) is 0 Å². The molecule has 0 aliphatic carbocycles. The lowest BCUT2D eigenvalue weighted by Gasteiger charge is -2.25. The average Bonchev–Trinajstić information content (AvgIpc) is 2.60. The number of amides is 1. The largest absolute Gasteiger partial charge is 0.481 e. The summed E-state index contributed by atoms with van der Waals surface area (Å²) in [5.74, 6) is -1.63. The van der Waals surface area contributed by atoms with Crippen LogP contribution in [0.4, 0.5) is 0 Å². The topological polar surface area (TPSA) is 83.6 Å². The normalized spacial score (nSPS) is 22.7. The maximum Gasteiger partial charge on any atom is 0.308 e. The fraction of sp³-hybridized carbons (Fsp3) is 0.467. The van der Waals surface area contributed by atoms with Gasteiger partial charge in [-0.1, -0.05) is 11.6 Å². The first kappa shape index (κ1) is 15.8. The van der Waals surface area contributed by atoms with Crippen molar-refractivity contribution in [2.45, 2.75) is 25.8 Å². The van der Waals surface area contributed by atoms with Crippen molar-refractivity contribution in [3.63, 3.8) is 0 Å². The van der Waals surface area contributed by atoms with Crippen molar-refractivity contribution >= 4 is 23.5 Å². The molecule has 1 saturated heterocycles. The van der Waals surface area contributed by atoms with Crippen LogP contribution in [0.25, 0.3) is 0 Å². The highest BCUT2D eigenvalue weighted by molar-refractivity contribution is 6.30. The minimum atomic E-state index is -0.880. The van der Waals surface area contributed by atoms with Crippen molar-refractivity contribution in [2.75, 3.05) is 13.1 Å². The van der Waals surface area contributed by atoms with E-state index in [-0.39, 0.29) is 18.5 Å². The fourth-order valence-corrected chi connectivity index (χ4v) is 2.85. The second-order valence-corrected chi connectivity index (χ2v) is 5.98. The molecule has 2 atom stereocenters. The summed E-state index contributed by atoms with van der Waals surface area (Å²) < 4.78 is 0. The molecule has 0 radical (unpaired) electrons. The van der Waals surface area contributed by atoms with Gasteiger partial charge in [0.05, 0.1) is 5.92 Å². The number of hydrogen-bond acceptors (Lipinski definition) is 3. The third kappa shape index (κ3) is 3.74. The van der Waals surface area contributed by atoms with E-state index in [0.717, 1.165) is 5.56 Å². The van der Waals surface area contributed by atoms with Crippen LogP contribution in [-0.4, -0.2) is 41.0 Å². The van der Waals surface area contributed by atoms with E-state index in [2.05, 4.69) is 0 Å². The van der Waals surface area contributed by atoms with Crippen LogP contribution in [0.3, 0.4) is 0 Å². The smallest absolute Gasteiger partial charge is 0.308 e. The van der Waals surface area contributed by atoms with Crippen LogP contribution in [0.15, 0.2) is 18.2 Å². The number of likely N-dealkylation sites (tertiary alicyclic amines) is 1. The molecule has 21 heavy (non-hydrogen) atoms. The summed E-state index contributed by atoms with van der Waals surface area (Å²) in [5.41, 5.74) is 7.27. The first-order chi connectivity index (χ1) is 9.88. The minimum absolute atomic E-state index is 0.187. The number of hydrogen-bond donors (Lipinski definition) is 2. The lowest BCUT2D eigenvalue weighted by atomic mass is 10.0. The van der Waals surface area contributed by atoms with Gasteiger partial charge < -0.3 is 15.7 Å².